The molecule has 0 saturated heterocycles. The Morgan fingerprint density at radius 2 is 2.05 bits per heavy atom. The normalized spacial score (nSPS) is 15.4. The highest BCUT2D eigenvalue weighted by molar-refractivity contribution is 5.98. The molecule has 1 aromatic carbocycles. The Morgan fingerprint density at radius 1 is 1.42 bits per heavy atom. The smallest absolute Gasteiger partial charge is 0.366 e. The molecule has 0 bridgehead atoms. The molecule has 2 rings (SSSR count). The van der Waals surface area contributed by atoms with Crippen LogP contribution >= 0.6 is 0 Å². The maximum Gasteiger partial charge on any atom is 0.366 e. The van der Waals surface area contributed by atoms with E-state index in [1.54, 1.807) is 30.3 Å². The van der Waals surface area contributed by atoms with E-state index in [-0.39, 0.29) is 6.10 Å². The average molecular weight is 261 g/mol. The number of carboxylic acid groups (broad SMARTS) is 1. The van der Waals surface area contributed by atoms with E-state index in [1.165, 1.54) is 5.94 Å². The zero-order valence-electron chi connectivity index (χ0n) is 10.6. The van der Waals surface area contributed by atoms with Crippen LogP contribution in [0.1, 0.15) is 19.8 Å². The highest BCUT2D eigenvalue weighted by atomic mass is 16.7. The number of anilines is 1. The van der Waals surface area contributed by atoms with Crippen LogP contribution in [-0.4, -0.2) is 23.1 Å². The van der Waals surface area contributed by atoms with E-state index in [4.69, 9.17) is 9.94 Å². The van der Waals surface area contributed by atoms with Crippen molar-refractivity contribution in [2.24, 2.45) is 5.92 Å². The van der Waals surface area contributed by atoms with E-state index in [9.17, 15) is 9.59 Å². The van der Waals surface area contributed by atoms with Crippen molar-refractivity contribution >= 4 is 17.6 Å². The van der Waals surface area contributed by atoms with Crippen molar-refractivity contribution in [1.82, 2.24) is 0 Å². The van der Waals surface area contributed by atoms with Crippen molar-refractivity contribution in [2.75, 3.05) is 5.06 Å². The molecule has 5 nitrogen and oxygen atoms in total. The van der Waals surface area contributed by atoms with Crippen molar-refractivity contribution < 1.29 is 19.5 Å². The molecule has 1 aliphatic rings. The Morgan fingerprint density at radius 3 is 2.53 bits per heavy atom. The molecule has 1 saturated carbocycles. The van der Waals surface area contributed by atoms with Gasteiger partial charge in [0.15, 0.2) is 5.94 Å². The van der Waals surface area contributed by atoms with E-state index >= 15 is 0 Å². The number of nitrogens with zero attached hydrogens (tertiary/aromatic N) is 1. The van der Waals surface area contributed by atoms with Gasteiger partial charge in [0, 0.05) is 0 Å². The molecular formula is C14H15NO4. The van der Waals surface area contributed by atoms with Gasteiger partial charge in [-0.1, -0.05) is 18.2 Å². The van der Waals surface area contributed by atoms with Crippen molar-refractivity contribution in [3.05, 3.63) is 36.0 Å². The van der Waals surface area contributed by atoms with Gasteiger partial charge in [-0.15, -0.1) is 0 Å². The van der Waals surface area contributed by atoms with Crippen LogP contribution in [0.15, 0.2) is 36.0 Å². The first-order valence-corrected chi connectivity index (χ1v) is 6.14. The molecule has 1 atom stereocenters. The molecule has 1 aliphatic carbocycles. The first-order valence-electron chi connectivity index (χ1n) is 6.14. The molecule has 0 aliphatic heterocycles. The lowest BCUT2D eigenvalue weighted by Crippen LogP contribution is -2.32. The number of carbonyl (C=O) groups excluding carboxylic acids is 1. The molecule has 0 heterocycles. The predicted molar refractivity (Wildman–Crippen MR) is 69.0 cm³/mol. The summed E-state index contributed by atoms with van der Waals surface area (Å²) in [7, 11) is 0. The van der Waals surface area contributed by atoms with Crippen LogP contribution in [0.3, 0.4) is 0 Å². The second-order valence-corrected chi connectivity index (χ2v) is 4.53. The van der Waals surface area contributed by atoms with Crippen LogP contribution in [-0.2, 0) is 14.4 Å². The fourth-order valence-electron chi connectivity index (χ4n) is 1.80. The van der Waals surface area contributed by atoms with Crippen LogP contribution in [0.25, 0.3) is 0 Å². The molecule has 1 aromatic rings. The third-order valence-electron chi connectivity index (χ3n) is 3.05. The van der Waals surface area contributed by atoms with Gasteiger partial charge in [-0.25, -0.2) is 14.7 Å². The molecule has 5 heteroatoms. The summed E-state index contributed by atoms with van der Waals surface area (Å²) < 4.78 is 0. The number of carbonyl (C=O) groups is 1. The second-order valence-electron chi connectivity index (χ2n) is 4.53. The zero-order chi connectivity index (χ0) is 13.8. The van der Waals surface area contributed by atoms with Gasteiger partial charge in [0.25, 0.3) is 0 Å². The summed E-state index contributed by atoms with van der Waals surface area (Å²) in [6.45, 7) is 1.87. The summed E-state index contributed by atoms with van der Waals surface area (Å²) >= 11 is 0. The molecule has 19 heavy (non-hydrogen) atoms. The number of carboxylic acids is 1. The number of hydrogen-bond acceptors (Lipinski definition) is 4. The topological polar surface area (TPSA) is 66.8 Å². The Labute approximate surface area is 111 Å². The zero-order valence-corrected chi connectivity index (χ0v) is 10.6. The van der Waals surface area contributed by atoms with Gasteiger partial charge in [-0.3, -0.25) is 4.84 Å². The van der Waals surface area contributed by atoms with Crippen LogP contribution < -0.4 is 5.06 Å². The van der Waals surface area contributed by atoms with Gasteiger partial charge in [0.1, 0.15) is 0 Å². The maximum atomic E-state index is 11.1. The van der Waals surface area contributed by atoms with E-state index in [0.717, 1.165) is 17.9 Å². The predicted octanol–water partition coefficient (Wildman–Crippen LogP) is 2.02. The first-order chi connectivity index (χ1) is 9.13. The lowest BCUT2D eigenvalue weighted by Gasteiger charge is -2.25. The van der Waals surface area contributed by atoms with Crippen molar-refractivity contribution in [1.29, 1.82) is 0 Å². The molecule has 100 valence electrons. The third-order valence-corrected chi connectivity index (χ3v) is 3.05. The molecule has 0 spiro atoms. The summed E-state index contributed by atoms with van der Waals surface area (Å²) in [6, 6.07) is 8.66. The number of para-hydroxylation sites is 1. The maximum absolute atomic E-state index is 11.1. The minimum Gasteiger partial charge on any atom is -0.476 e. The van der Waals surface area contributed by atoms with Crippen LogP contribution in [0.5, 0.6) is 0 Å². The van der Waals surface area contributed by atoms with E-state index in [2.05, 4.69) is 0 Å². The van der Waals surface area contributed by atoms with Crippen LogP contribution in [0.2, 0.25) is 0 Å². The summed E-state index contributed by atoms with van der Waals surface area (Å²) in [5, 5.41) is 10.1. The van der Waals surface area contributed by atoms with Crippen molar-refractivity contribution in [3.63, 3.8) is 0 Å². The van der Waals surface area contributed by atoms with Gasteiger partial charge in [-0.05, 0) is 37.8 Å². The summed E-state index contributed by atoms with van der Waals surface area (Å²) in [5.74, 6) is 0.497. The first kappa shape index (κ1) is 13.3. The van der Waals surface area contributed by atoms with Gasteiger partial charge >= 0.3 is 5.97 Å². The molecule has 0 amide bonds. The lowest BCUT2D eigenvalue weighted by molar-refractivity contribution is -0.133. The lowest BCUT2D eigenvalue weighted by atomic mass is 10.2. The van der Waals surface area contributed by atoms with E-state index in [0.29, 0.717) is 11.6 Å². The number of rotatable bonds is 6. The largest absolute Gasteiger partial charge is 0.476 e. The quantitative estimate of drug-likeness (QED) is 0.482. The number of hydrogen-bond donors (Lipinski definition) is 1. The molecule has 1 fully saturated rings. The summed E-state index contributed by atoms with van der Waals surface area (Å²) in [5.41, 5.74) is -0.0468. The van der Waals surface area contributed by atoms with Crippen LogP contribution in [0.4, 0.5) is 5.69 Å². The van der Waals surface area contributed by atoms with Gasteiger partial charge in [-0.2, -0.15) is 0 Å². The Kier molecular flexibility index (Phi) is 4.00. The van der Waals surface area contributed by atoms with Gasteiger partial charge in [0.2, 0.25) is 5.70 Å². The number of hydroxylamine groups is 1. The molecule has 0 radical (unpaired) electrons. The number of benzene rings is 1. The fraction of sp³-hybridized carbons (Fsp3) is 0.357. The summed E-state index contributed by atoms with van der Waals surface area (Å²) in [4.78, 5) is 27.6. The summed E-state index contributed by atoms with van der Waals surface area (Å²) in [6.07, 6.45) is 2.00. The monoisotopic (exact) mass is 261 g/mol. The number of aliphatic carboxylic acids is 1. The molecular weight excluding hydrogens is 246 g/mol. The molecule has 0 aromatic heterocycles. The van der Waals surface area contributed by atoms with Crippen molar-refractivity contribution in [2.45, 2.75) is 25.9 Å². The van der Waals surface area contributed by atoms with E-state index < -0.39 is 11.7 Å². The fourth-order valence-corrected chi connectivity index (χ4v) is 1.80. The van der Waals surface area contributed by atoms with Gasteiger partial charge in [0.05, 0.1) is 11.8 Å². The minimum absolute atomic E-state index is 0.136. The SMILES string of the molecule is CC(ON(C(=C=O)C(=O)O)c1ccccc1)C1CC1. The average Bonchev–Trinajstić information content (AvgIpc) is 3.23. The second kappa shape index (κ2) is 5.69. The molecule has 1 N–H and O–H groups in total. The minimum atomic E-state index is -1.36. The van der Waals surface area contributed by atoms with Crippen LogP contribution in [0, 0.1) is 5.92 Å². The highest BCUT2D eigenvalue weighted by Crippen LogP contribution is 2.35. The standard InChI is InChI=1S/C14H15NO4/c1-10(11-7-8-11)19-15(13(9-16)14(17)18)12-5-3-2-4-6-12/h2-6,10-11H,7-8H2,1H3,(H,17,18). The van der Waals surface area contributed by atoms with Crippen molar-refractivity contribution in [3.8, 4) is 0 Å². The Bertz CT molecular complexity index is 503. The van der Waals surface area contributed by atoms with Gasteiger partial charge < -0.3 is 5.11 Å². The Balaban J connectivity index is 2.27. The van der Waals surface area contributed by atoms with E-state index in [1.807, 2.05) is 6.92 Å². The highest BCUT2D eigenvalue weighted by Gasteiger charge is 2.32. The Hall–Kier alpha value is -2.10. The molecule has 1 unspecified atom stereocenters. The third kappa shape index (κ3) is 3.22.